The fourth-order valence-corrected chi connectivity index (χ4v) is 3.14. The highest BCUT2D eigenvalue weighted by atomic mass is 16.4. The van der Waals surface area contributed by atoms with Gasteiger partial charge in [-0.2, -0.15) is 0 Å². The molecule has 0 amide bonds. The lowest BCUT2D eigenvalue weighted by molar-refractivity contribution is -0.143. The van der Waals surface area contributed by atoms with Crippen LogP contribution in [0, 0.1) is 18.8 Å². The van der Waals surface area contributed by atoms with E-state index >= 15 is 0 Å². The maximum Gasteiger partial charge on any atom is 0.327 e. The first-order chi connectivity index (χ1) is 10.0. The molecular weight excluding hydrogens is 270 g/mol. The maximum absolute atomic E-state index is 12.1. The van der Waals surface area contributed by atoms with Crippen LogP contribution in [-0.2, 0) is 11.3 Å². The number of rotatable bonds is 3. The van der Waals surface area contributed by atoms with Crippen molar-refractivity contribution >= 4 is 17.1 Å². The second kappa shape index (κ2) is 5.35. The molecule has 0 spiro atoms. The van der Waals surface area contributed by atoms with Gasteiger partial charge in [-0.1, -0.05) is 0 Å². The number of carbonyl (C=O) groups is 1. The van der Waals surface area contributed by atoms with Crippen molar-refractivity contribution in [1.82, 2.24) is 14.5 Å². The second-order valence-corrected chi connectivity index (χ2v) is 5.92. The molecule has 1 fully saturated rings. The number of aliphatic carboxylic acids is 1. The van der Waals surface area contributed by atoms with Gasteiger partial charge in [-0.3, -0.25) is 9.36 Å². The Morgan fingerprint density at radius 3 is 2.76 bits per heavy atom. The maximum atomic E-state index is 12.1. The second-order valence-electron chi connectivity index (χ2n) is 5.92. The number of H-pyrrole nitrogens is 1. The summed E-state index contributed by atoms with van der Waals surface area (Å²) >= 11 is 0. The predicted octanol–water partition coefficient (Wildman–Crippen LogP) is 1.92. The van der Waals surface area contributed by atoms with Gasteiger partial charge >= 0.3 is 11.7 Å². The van der Waals surface area contributed by atoms with Crippen molar-refractivity contribution in [3.63, 3.8) is 0 Å². The molecule has 0 aromatic carbocycles. The fourth-order valence-electron chi connectivity index (χ4n) is 3.14. The van der Waals surface area contributed by atoms with Crippen molar-refractivity contribution in [2.45, 2.75) is 39.2 Å². The molecular formula is C15H19N3O3. The normalized spacial score (nSPS) is 22.5. The molecule has 2 heterocycles. The largest absolute Gasteiger partial charge is 0.481 e. The predicted molar refractivity (Wildman–Crippen MR) is 78.2 cm³/mol. The van der Waals surface area contributed by atoms with E-state index in [1.807, 2.05) is 19.1 Å². The molecule has 0 bridgehead atoms. The standard InChI is InChI=1S/C15H19N3O3/c1-9-2-7-12-13(16-9)18(15(21)17-12)8-10-3-5-11(6-4-10)14(19)20/h2,7,10-11H,3-6,8H2,1H3,(H,17,21)(H,19,20). The number of nitrogens with one attached hydrogen (secondary N) is 1. The Hall–Kier alpha value is -2.11. The molecule has 2 N–H and O–H groups in total. The summed E-state index contributed by atoms with van der Waals surface area (Å²) in [6.45, 7) is 2.51. The quantitative estimate of drug-likeness (QED) is 0.903. The number of aromatic nitrogens is 3. The molecule has 0 aliphatic heterocycles. The topological polar surface area (TPSA) is 88.0 Å². The number of aryl methyl sites for hydroxylation is 1. The van der Waals surface area contributed by atoms with E-state index in [1.165, 1.54) is 0 Å². The molecule has 6 nitrogen and oxygen atoms in total. The highest BCUT2D eigenvalue weighted by Gasteiger charge is 2.26. The first-order valence-corrected chi connectivity index (χ1v) is 7.33. The van der Waals surface area contributed by atoms with E-state index in [4.69, 9.17) is 5.11 Å². The Bertz CT molecular complexity index is 723. The summed E-state index contributed by atoms with van der Waals surface area (Å²) in [6, 6.07) is 3.75. The van der Waals surface area contributed by atoms with Crippen molar-refractivity contribution in [3.05, 3.63) is 28.3 Å². The molecule has 2 aromatic rings. The van der Waals surface area contributed by atoms with Crippen LogP contribution in [0.2, 0.25) is 0 Å². The lowest BCUT2D eigenvalue weighted by atomic mass is 9.82. The Labute approximate surface area is 121 Å². The molecule has 3 rings (SSSR count). The van der Waals surface area contributed by atoms with E-state index in [9.17, 15) is 9.59 Å². The molecule has 0 saturated heterocycles. The number of nitrogens with zero attached hydrogens (tertiary/aromatic N) is 2. The molecule has 1 aliphatic rings. The lowest BCUT2D eigenvalue weighted by Crippen LogP contribution is -2.27. The zero-order valence-electron chi connectivity index (χ0n) is 12.0. The van der Waals surface area contributed by atoms with Crippen molar-refractivity contribution in [2.75, 3.05) is 0 Å². The first-order valence-electron chi connectivity index (χ1n) is 7.33. The Morgan fingerprint density at radius 1 is 1.38 bits per heavy atom. The Morgan fingerprint density at radius 2 is 2.10 bits per heavy atom. The van der Waals surface area contributed by atoms with Crippen LogP contribution < -0.4 is 5.69 Å². The number of imidazole rings is 1. The summed E-state index contributed by atoms with van der Waals surface area (Å²) < 4.78 is 1.69. The Balaban J connectivity index is 1.80. The van der Waals surface area contributed by atoms with Crippen LogP contribution in [0.1, 0.15) is 31.4 Å². The van der Waals surface area contributed by atoms with Crippen LogP contribution in [0.25, 0.3) is 11.2 Å². The third-order valence-electron chi connectivity index (χ3n) is 4.39. The van der Waals surface area contributed by atoms with Gasteiger partial charge in [0.15, 0.2) is 5.65 Å². The van der Waals surface area contributed by atoms with Crippen LogP contribution in [0.4, 0.5) is 0 Å². The zero-order valence-corrected chi connectivity index (χ0v) is 12.0. The van der Waals surface area contributed by atoms with E-state index in [0.717, 1.165) is 24.1 Å². The molecule has 0 atom stereocenters. The smallest absolute Gasteiger partial charge is 0.327 e. The summed E-state index contributed by atoms with van der Waals surface area (Å²) in [6.07, 6.45) is 3.09. The molecule has 1 saturated carbocycles. The summed E-state index contributed by atoms with van der Waals surface area (Å²) in [7, 11) is 0. The SMILES string of the molecule is Cc1ccc2[nH]c(=O)n(CC3CCC(C(=O)O)CC3)c2n1. The van der Waals surface area contributed by atoms with Gasteiger partial charge in [-0.15, -0.1) is 0 Å². The fraction of sp³-hybridized carbons (Fsp3) is 0.533. The van der Waals surface area contributed by atoms with Gasteiger partial charge in [0.25, 0.3) is 0 Å². The monoisotopic (exact) mass is 289 g/mol. The number of aromatic amines is 1. The number of hydrogen-bond donors (Lipinski definition) is 2. The van der Waals surface area contributed by atoms with Gasteiger partial charge in [-0.25, -0.2) is 9.78 Å². The van der Waals surface area contributed by atoms with E-state index in [-0.39, 0.29) is 11.6 Å². The van der Waals surface area contributed by atoms with Gasteiger partial charge in [0.2, 0.25) is 0 Å². The molecule has 0 radical (unpaired) electrons. The van der Waals surface area contributed by atoms with Crippen LogP contribution in [0.15, 0.2) is 16.9 Å². The van der Waals surface area contributed by atoms with Crippen molar-refractivity contribution in [2.24, 2.45) is 11.8 Å². The number of pyridine rings is 1. The number of hydrogen-bond acceptors (Lipinski definition) is 3. The lowest BCUT2D eigenvalue weighted by Gasteiger charge is -2.26. The molecule has 21 heavy (non-hydrogen) atoms. The van der Waals surface area contributed by atoms with Crippen LogP contribution >= 0.6 is 0 Å². The third-order valence-corrected chi connectivity index (χ3v) is 4.39. The van der Waals surface area contributed by atoms with Gasteiger partial charge in [0, 0.05) is 12.2 Å². The van der Waals surface area contributed by atoms with Crippen LogP contribution in [0.5, 0.6) is 0 Å². The Kier molecular flexibility index (Phi) is 3.53. The van der Waals surface area contributed by atoms with E-state index < -0.39 is 5.97 Å². The van der Waals surface area contributed by atoms with Crippen molar-refractivity contribution in [1.29, 1.82) is 0 Å². The van der Waals surface area contributed by atoms with Crippen molar-refractivity contribution in [3.8, 4) is 0 Å². The first kappa shape index (κ1) is 13.9. The minimum atomic E-state index is -0.699. The van der Waals surface area contributed by atoms with E-state index in [0.29, 0.717) is 31.0 Å². The highest BCUT2D eigenvalue weighted by Crippen LogP contribution is 2.30. The molecule has 2 aromatic heterocycles. The molecule has 112 valence electrons. The summed E-state index contributed by atoms with van der Waals surface area (Å²) in [5.74, 6) is -0.573. The number of carboxylic acid groups (broad SMARTS) is 1. The summed E-state index contributed by atoms with van der Waals surface area (Å²) in [5, 5.41) is 9.03. The summed E-state index contributed by atoms with van der Waals surface area (Å²) in [4.78, 5) is 30.3. The van der Waals surface area contributed by atoms with Gasteiger partial charge in [0.05, 0.1) is 11.4 Å². The molecule has 1 aliphatic carbocycles. The average molecular weight is 289 g/mol. The van der Waals surface area contributed by atoms with Gasteiger partial charge in [-0.05, 0) is 50.7 Å². The van der Waals surface area contributed by atoms with Crippen molar-refractivity contribution < 1.29 is 9.90 Å². The molecule has 6 heteroatoms. The number of fused-ring (bicyclic) bond motifs is 1. The molecule has 0 unspecified atom stereocenters. The van der Waals surface area contributed by atoms with Gasteiger partial charge in [0.1, 0.15) is 0 Å². The number of carboxylic acids is 1. The van der Waals surface area contributed by atoms with E-state index in [2.05, 4.69) is 9.97 Å². The third kappa shape index (κ3) is 2.70. The zero-order chi connectivity index (χ0) is 15.0. The van der Waals surface area contributed by atoms with Crippen LogP contribution in [0.3, 0.4) is 0 Å². The minimum Gasteiger partial charge on any atom is -0.481 e. The van der Waals surface area contributed by atoms with E-state index in [1.54, 1.807) is 4.57 Å². The van der Waals surface area contributed by atoms with Crippen LogP contribution in [-0.4, -0.2) is 25.6 Å². The minimum absolute atomic E-state index is 0.136. The highest BCUT2D eigenvalue weighted by molar-refractivity contribution is 5.71. The summed E-state index contributed by atoms with van der Waals surface area (Å²) in [5.41, 5.74) is 2.19. The van der Waals surface area contributed by atoms with Gasteiger partial charge < -0.3 is 10.1 Å². The average Bonchev–Trinajstić information content (AvgIpc) is 2.76.